The van der Waals surface area contributed by atoms with Gasteiger partial charge in [-0.15, -0.1) is 13.2 Å². The number of carbonyl (C=O) groups excluding carboxylic acids is 2. The summed E-state index contributed by atoms with van der Waals surface area (Å²) in [6.07, 6.45) is 3.39. The fraction of sp³-hybridized carbons (Fsp3) is 0.240. The fourth-order valence-electron chi connectivity index (χ4n) is 3.47. The maximum atomic E-state index is 13.0. The number of imidazole rings is 1. The van der Waals surface area contributed by atoms with E-state index in [1.807, 2.05) is 54.8 Å². The molecule has 1 N–H and O–H groups in total. The quantitative estimate of drug-likeness (QED) is 0.536. The van der Waals surface area contributed by atoms with Crippen molar-refractivity contribution in [2.75, 3.05) is 13.1 Å². The van der Waals surface area contributed by atoms with Crippen LogP contribution in [0, 0.1) is 6.92 Å². The second-order valence-corrected chi connectivity index (χ2v) is 7.48. The van der Waals surface area contributed by atoms with Crippen molar-refractivity contribution >= 4 is 22.8 Å². The van der Waals surface area contributed by atoms with Gasteiger partial charge < -0.3 is 14.8 Å². The van der Waals surface area contributed by atoms with Gasteiger partial charge in [0.1, 0.15) is 12.4 Å². The van der Waals surface area contributed by atoms with Gasteiger partial charge in [-0.1, -0.05) is 42.0 Å². The molecule has 0 aliphatic carbocycles. The number of nitrogens with one attached hydrogen (secondary N) is 1. The minimum Gasteiger partial charge on any atom is -0.342 e. The van der Waals surface area contributed by atoms with Gasteiger partial charge in [0, 0.05) is 18.7 Å². The summed E-state index contributed by atoms with van der Waals surface area (Å²) in [6.45, 7) is 12.3. The molecule has 1 atom stereocenters. The van der Waals surface area contributed by atoms with Crippen LogP contribution in [0.25, 0.3) is 11.0 Å². The molecule has 0 aliphatic heterocycles. The number of aromatic nitrogens is 2. The third kappa shape index (κ3) is 5.09. The Bertz CT molecular complexity index is 1090. The lowest BCUT2D eigenvalue weighted by molar-refractivity contribution is -0.130. The van der Waals surface area contributed by atoms with Gasteiger partial charge in [0.25, 0.3) is 5.91 Å². The molecule has 0 spiro atoms. The average Bonchev–Trinajstić information content (AvgIpc) is 3.12. The van der Waals surface area contributed by atoms with E-state index in [2.05, 4.69) is 18.5 Å². The molecule has 2 amide bonds. The third-order valence-corrected chi connectivity index (χ3v) is 5.08. The maximum Gasteiger partial charge on any atom is 0.251 e. The van der Waals surface area contributed by atoms with Crippen molar-refractivity contribution in [3.05, 3.63) is 90.8 Å². The van der Waals surface area contributed by atoms with Crippen LogP contribution in [-0.4, -0.2) is 39.4 Å². The predicted molar refractivity (Wildman–Crippen MR) is 124 cm³/mol. The summed E-state index contributed by atoms with van der Waals surface area (Å²) in [7, 11) is 0. The van der Waals surface area contributed by atoms with E-state index in [1.165, 1.54) is 0 Å². The van der Waals surface area contributed by atoms with Crippen molar-refractivity contribution in [2.45, 2.75) is 26.4 Å². The molecule has 0 saturated heterocycles. The molecule has 0 aliphatic rings. The molecule has 2 aromatic carbocycles. The minimum absolute atomic E-state index is 0.0683. The van der Waals surface area contributed by atoms with E-state index in [0.29, 0.717) is 24.5 Å². The summed E-state index contributed by atoms with van der Waals surface area (Å²) in [5, 5.41) is 3.01. The monoisotopic (exact) mass is 416 g/mol. The second-order valence-electron chi connectivity index (χ2n) is 7.48. The average molecular weight is 417 g/mol. The number of carbonyl (C=O) groups is 2. The summed E-state index contributed by atoms with van der Waals surface area (Å²) in [6, 6.07) is 14.7. The van der Waals surface area contributed by atoms with E-state index in [-0.39, 0.29) is 24.4 Å². The molecule has 1 heterocycles. The number of fused-ring (bicyclic) bond motifs is 1. The second kappa shape index (κ2) is 9.89. The number of rotatable bonds is 9. The molecule has 6 nitrogen and oxygen atoms in total. The van der Waals surface area contributed by atoms with E-state index >= 15 is 0 Å². The van der Waals surface area contributed by atoms with Crippen LogP contribution in [-0.2, 0) is 11.3 Å². The molecule has 160 valence electrons. The zero-order valence-corrected chi connectivity index (χ0v) is 18.0. The van der Waals surface area contributed by atoms with Crippen molar-refractivity contribution in [3.63, 3.8) is 0 Å². The molecule has 0 fully saturated rings. The summed E-state index contributed by atoms with van der Waals surface area (Å²) < 4.78 is 1.87. The van der Waals surface area contributed by atoms with E-state index in [4.69, 9.17) is 4.98 Å². The number of hydrogen-bond acceptors (Lipinski definition) is 3. The van der Waals surface area contributed by atoms with Gasteiger partial charge >= 0.3 is 0 Å². The number of benzene rings is 2. The van der Waals surface area contributed by atoms with Crippen molar-refractivity contribution in [1.29, 1.82) is 0 Å². The normalized spacial score (nSPS) is 11.7. The van der Waals surface area contributed by atoms with Crippen LogP contribution in [0.15, 0.2) is 73.8 Å². The first-order chi connectivity index (χ1) is 14.9. The molecule has 31 heavy (non-hydrogen) atoms. The van der Waals surface area contributed by atoms with E-state index < -0.39 is 0 Å². The molecule has 0 bridgehead atoms. The third-order valence-electron chi connectivity index (χ3n) is 5.08. The van der Waals surface area contributed by atoms with Crippen molar-refractivity contribution in [3.8, 4) is 0 Å². The minimum atomic E-state index is -0.388. The van der Waals surface area contributed by atoms with E-state index in [0.717, 1.165) is 16.6 Å². The van der Waals surface area contributed by atoms with Gasteiger partial charge in [-0.2, -0.15) is 0 Å². The fourth-order valence-corrected chi connectivity index (χ4v) is 3.47. The number of aryl methyl sites for hydroxylation is 1. The Labute approximate surface area is 182 Å². The zero-order chi connectivity index (χ0) is 22.4. The number of nitrogens with zero attached hydrogens (tertiary/aromatic N) is 3. The van der Waals surface area contributed by atoms with Crippen molar-refractivity contribution in [2.24, 2.45) is 0 Å². The molecular formula is C25H28N4O2. The van der Waals surface area contributed by atoms with Crippen LogP contribution in [0.5, 0.6) is 0 Å². The van der Waals surface area contributed by atoms with Crippen LogP contribution < -0.4 is 5.32 Å². The zero-order valence-electron chi connectivity index (χ0n) is 18.0. The Morgan fingerprint density at radius 3 is 2.39 bits per heavy atom. The smallest absolute Gasteiger partial charge is 0.251 e. The number of amides is 2. The van der Waals surface area contributed by atoms with Crippen LogP contribution in [0.3, 0.4) is 0 Å². The van der Waals surface area contributed by atoms with E-state index in [1.54, 1.807) is 29.2 Å². The SMILES string of the molecule is C=CCN(CC=C)C(=O)Cn1c([C@@H](C)NC(=O)c2ccc(C)cc2)nc2ccccc21. The number of para-hydroxylation sites is 2. The van der Waals surface area contributed by atoms with Crippen LogP contribution >= 0.6 is 0 Å². The number of hydrogen-bond donors (Lipinski definition) is 1. The van der Waals surface area contributed by atoms with Gasteiger partial charge in [-0.05, 0) is 38.1 Å². The topological polar surface area (TPSA) is 67.2 Å². The highest BCUT2D eigenvalue weighted by molar-refractivity contribution is 5.94. The highest BCUT2D eigenvalue weighted by atomic mass is 16.2. The Kier molecular flexibility index (Phi) is 7.03. The molecular weight excluding hydrogens is 388 g/mol. The molecule has 3 rings (SSSR count). The van der Waals surface area contributed by atoms with Gasteiger partial charge in [0.2, 0.25) is 5.91 Å². The summed E-state index contributed by atoms with van der Waals surface area (Å²) in [5.74, 6) is 0.380. The van der Waals surface area contributed by atoms with Crippen LogP contribution in [0.4, 0.5) is 0 Å². The van der Waals surface area contributed by atoms with Crippen molar-refractivity contribution in [1.82, 2.24) is 19.8 Å². The lowest BCUT2D eigenvalue weighted by atomic mass is 10.1. The lowest BCUT2D eigenvalue weighted by Gasteiger charge is -2.22. The summed E-state index contributed by atoms with van der Waals surface area (Å²) >= 11 is 0. The Morgan fingerprint density at radius 1 is 1.10 bits per heavy atom. The van der Waals surface area contributed by atoms with E-state index in [9.17, 15) is 9.59 Å². The Hall–Kier alpha value is -3.67. The first-order valence-corrected chi connectivity index (χ1v) is 10.3. The van der Waals surface area contributed by atoms with Gasteiger partial charge in [-0.3, -0.25) is 9.59 Å². The molecule has 0 unspecified atom stereocenters. The standard InChI is InChI=1S/C25H28N4O2/c1-5-15-28(16-6-2)23(30)17-29-22-10-8-7-9-21(22)27-24(29)19(4)26-25(31)20-13-11-18(3)12-14-20/h5-14,19H,1-2,15-17H2,3-4H3,(H,26,31)/t19-/m1/s1. The van der Waals surface area contributed by atoms with Gasteiger partial charge in [-0.25, -0.2) is 4.98 Å². The highest BCUT2D eigenvalue weighted by Crippen LogP contribution is 2.21. The molecule has 0 radical (unpaired) electrons. The molecule has 1 aromatic heterocycles. The van der Waals surface area contributed by atoms with Gasteiger partial charge in [0.05, 0.1) is 17.1 Å². The largest absolute Gasteiger partial charge is 0.342 e. The Morgan fingerprint density at radius 2 is 1.74 bits per heavy atom. The highest BCUT2D eigenvalue weighted by Gasteiger charge is 2.22. The van der Waals surface area contributed by atoms with Crippen LogP contribution in [0.1, 0.15) is 34.7 Å². The summed E-state index contributed by atoms with van der Waals surface area (Å²) in [4.78, 5) is 32.1. The molecule has 6 heteroatoms. The lowest BCUT2D eigenvalue weighted by Crippen LogP contribution is -2.35. The van der Waals surface area contributed by atoms with Crippen molar-refractivity contribution < 1.29 is 9.59 Å². The Balaban J connectivity index is 1.90. The maximum absolute atomic E-state index is 13.0. The van der Waals surface area contributed by atoms with Gasteiger partial charge in [0.15, 0.2) is 0 Å². The summed E-state index contributed by atoms with van der Waals surface area (Å²) in [5.41, 5.74) is 3.30. The predicted octanol–water partition coefficient (Wildman–Crippen LogP) is 4.04. The molecule has 3 aromatic rings. The van der Waals surface area contributed by atoms with Crippen LogP contribution in [0.2, 0.25) is 0 Å². The first kappa shape index (κ1) is 22.0. The first-order valence-electron chi connectivity index (χ1n) is 10.3. The molecule has 0 saturated carbocycles.